The minimum atomic E-state index is -4.21. The van der Waals surface area contributed by atoms with Gasteiger partial charge in [0.1, 0.15) is 6.04 Å². The molecule has 0 saturated carbocycles. The molecule has 166 valence electrons. The van der Waals surface area contributed by atoms with Crippen LogP contribution in [0.5, 0.6) is 0 Å². The van der Waals surface area contributed by atoms with E-state index in [0.29, 0.717) is 4.90 Å². The van der Waals surface area contributed by atoms with Crippen molar-refractivity contribution in [3.8, 4) is 0 Å². The first-order chi connectivity index (χ1) is 14.6. The number of benzene rings is 1. The zero-order valence-electron chi connectivity index (χ0n) is 16.3. The van der Waals surface area contributed by atoms with Crippen molar-refractivity contribution in [3.63, 3.8) is 0 Å². The quantitative estimate of drug-likeness (QED) is 0.346. The van der Waals surface area contributed by atoms with E-state index in [9.17, 15) is 27.9 Å². The van der Waals surface area contributed by atoms with Crippen molar-refractivity contribution < 1.29 is 37.2 Å². The molecule has 1 unspecified atom stereocenters. The number of nitrogens with one attached hydrogen (secondary N) is 1. The lowest BCUT2D eigenvalue weighted by Crippen LogP contribution is -2.75. The third kappa shape index (κ3) is 5.10. The molecule has 1 aliphatic heterocycles. The highest BCUT2D eigenvalue weighted by atomic mass is 32.2. The van der Waals surface area contributed by atoms with Gasteiger partial charge in [-0.3, -0.25) is 18.7 Å². The van der Waals surface area contributed by atoms with E-state index in [4.69, 9.17) is 9.29 Å². The van der Waals surface area contributed by atoms with Crippen molar-refractivity contribution in [2.24, 2.45) is 0 Å². The maximum absolute atomic E-state index is 12.4. The largest absolute Gasteiger partial charge is 0.478 e. The number of likely N-dealkylation sites (tertiary alicyclic amines) is 1. The molecule has 1 aromatic carbocycles. The molecule has 1 aromatic heterocycles. The highest BCUT2D eigenvalue weighted by Crippen LogP contribution is 2.25. The number of aryl methyl sites for hydroxylation is 1. The lowest BCUT2D eigenvalue weighted by molar-refractivity contribution is -0.186. The summed E-state index contributed by atoms with van der Waals surface area (Å²) >= 11 is 1.35. The number of thiophene rings is 1. The molecule has 2 heterocycles. The van der Waals surface area contributed by atoms with Crippen LogP contribution in [0.3, 0.4) is 0 Å². The lowest BCUT2D eigenvalue weighted by atomic mass is 9.94. The Morgan fingerprint density at radius 3 is 2.52 bits per heavy atom. The Balaban J connectivity index is 1.73. The summed E-state index contributed by atoms with van der Waals surface area (Å²) in [5.41, 5.74) is 0.841. The van der Waals surface area contributed by atoms with Crippen LogP contribution >= 0.6 is 11.3 Å². The molecular weight excluding hydrogens is 448 g/mol. The molecule has 10 nitrogen and oxygen atoms in total. The van der Waals surface area contributed by atoms with Gasteiger partial charge < -0.3 is 15.5 Å². The number of hydrogen-bond acceptors (Lipinski definition) is 8. The van der Waals surface area contributed by atoms with E-state index in [1.54, 1.807) is 36.6 Å². The molecule has 1 saturated heterocycles. The predicted molar refractivity (Wildman–Crippen MR) is 109 cm³/mol. The van der Waals surface area contributed by atoms with Gasteiger partial charge in [-0.2, -0.15) is 8.42 Å². The first kappa shape index (κ1) is 22.9. The lowest BCUT2D eigenvalue weighted by Gasteiger charge is -2.47. The second-order valence-electron chi connectivity index (χ2n) is 6.88. The van der Waals surface area contributed by atoms with Crippen molar-refractivity contribution in [2.45, 2.75) is 36.6 Å². The molecule has 0 aliphatic carbocycles. The van der Waals surface area contributed by atoms with Crippen LogP contribution < -0.4 is 5.32 Å². The van der Waals surface area contributed by atoms with Gasteiger partial charge in [0.25, 0.3) is 10.1 Å². The minimum Gasteiger partial charge on any atom is -0.478 e. The second-order valence-corrected chi connectivity index (χ2v) is 9.53. The first-order valence-corrected chi connectivity index (χ1v) is 11.4. The molecule has 0 bridgehead atoms. The van der Waals surface area contributed by atoms with E-state index in [2.05, 4.69) is 5.32 Å². The Bertz CT molecular complexity index is 1070. The number of rotatable bonds is 9. The van der Waals surface area contributed by atoms with Crippen LogP contribution in [0.2, 0.25) is 0 Å². The van der Waals surface area contributed by atoms with Crippen LogP contribution in [0.25, 0.3) is 0 Å². The second kappa shape index (κ2) is 9.14. The van der Waals surface area contributed by atoms with Gasteiger partial charge in [-0.1, -0.05) is 23.8 Å². The van der Waals surface area contributed by atoms with Crippen molar-refractivity contribution in [1.29, 1.82) is 0 Å². The van der Waals surface area contributed by atoms with Crippen LogP contribution in [0.4, 0.5) is 0 Å². The van der Waals surface area contributed by atoms with Gasteiger partial charge in [0.15, 0.2) is 0 Å². The van der Waals surface area contributed by atoms with Crippen molar-refractivity contribution in [3.05, 3.63) is 52.2 Å². The number of aliphatic carboxylic acids is 1. The Kier molecular flexibility index (Phi) is 6.74. The van der Waals surface area contributed by atoms with Crippen LogP contribution in [0, 0.1) is 6.92 Å². The molecule has 1 fully saturated rings. The topological polar surface area (TPSA) is 150 Å². The van der Waals surface area contributed by atoms with Crippen molar-refractivity contribution in [2.75, 3.05) is 6.61 Å². The number of aliphatic hydroxyl groups is 1. The normalized spacial score (nSPS) is 19.5. The average molecular weight is 469 g/mol. The van der Waals surface area contributed by atoms with Crippen molar-refractivity contribution in [1.82, 2.24) is 10.2 Å². The number of carbonyl (C=O) groups is 3. The number of carbonyl (C=O) groups excluding carboxylic acids is 2. The van der Waals surface area contributed by atoms with Gasteiger partial charge in [-0.05, 0) is 30.5 Å². The fourth-order valence-corrected chi connectivity index (χ4v) is 4.68. The molecule has 2 amide bonds. The standard InChI is InChI=1S/C19H20N2O8S2/c1-11-4-6-13(7-5-11)31(27,28)29-10-14-16(17(23)21(14)18(24)19(25)26)20-15(22)9-12-3-2-8-30-12/h2-8,14,16,18,24H,9-10H2,1H3,(H,20,22)(H,25,26)/t14-,16+,18?/m1/s1. The van der Waals surface area contributed by atoms with Gasteiger partial charge in [0.05, 0.1) is 24.0 Å². The summed E-state index contributed by atoms with van der Waals surface area (Å²) in [4.78, 5) is 37.0. The van der Waals surface area contributed by atoms with Gasteiger partial charge in [-0.25, -0.2) is 4.79 Å². The summed E-state index contributed by atoms with van der Waals surface area (Å²) in [7, 11) is -4.21. The first-order valence-electron chi connectivity index (χ1n) is 9.11. The van der Waals surface area contributed by atoms with Crippen molar-refractivity contribution >= 4 is 39.2 Å². The number of nitrogens with zero attached hydrogens (tertiary/aromatic N) is 1. The van der Waals surface area contributed by atoms with Gasteiger partial charge in [0.2, 0.25) is 18.0 Å². The number of carboxylic acid groups (broad SMARTS) is 1. The molecule has 3 N–H and O–H groups in total. The molecule has 1 aliphatic rings. The highest BCUT2D eigenvalue weighted by Gasteiger charge is 2.53. The maximum Gasteiger partial charge on any atom is 0.354 e. The number of carboxylic acids is 1. The monoisotopic (exact) mass is 468 g/mol. The average Bonchev–Trinajstić information content (AvgIpc) is 3.21. The smallest absolute Gasteiger partial charge is 0.354 e. The van der Waals surface area contributed by atoms with Crippen LogP contribution in [0.1, 0.15) is 10.4 Å². The summed E-state index contributed by atoms with van der Waals surface area (Å²) in [6.45, 7) is 1.14. The van der Waals surface area contributed by atoms with Gasteiger partial charge in [-0.15, -0.1) is 11.3 Å². The zero-order chi connectivity index (χ0) is 22.8. The fourth-order valence-electron chi connectivity index (χ4n) is 3.05. The van der Waals surface area contributed by atoms with Crippen LogP contribution in [0.15, 0.2) is 46.7 Å². The molecule has 12 heteroatoms. The Hall–Kier alpha value is -2.80. The summed E-state index contributed by atoms with van der Waals surface area (Å²) in [6, 6.07) is 6.94. The Morgan fingerprint density at radius 1 is 1.26 bits per heavy atom. The number of β-lactam (4-membered cyclic amide) rings is 1. The molecule has 31 heavy (non-hydrogen) atoms. The number of amides is 2. The fraction of sp³-hybridized carbons (Fsp3) is 0.316. The van der Waals surface area contributed by atoms with Crippen LogP contribution in [-0.2, 0) is 35.1 Å². The molecule has 2 aromatic rings. The number of hydrogen-bond donors (Lipinski definition) is 3. The van der Waals surface area contributed by atoms with E-state index >= 15 is 0 Å². The highest BCUT2D eigenvalue weighted by molar-refractivity contribution is 7.86. The van der Waals surface area contributed by atoms with Crippen LogP contribution in [-0.4, -0.2) is 66.2 Å². The third-order valence-corrected chi connectivity index (χ3v) is 6.85. The van der Waals surface area contributed by atoms with E-state index in [0.717, 1.165) is 10.4 Å². The van der Waals surface area contributed by atoms with E-state index < -0.39 is 52.8 Å². The Morgan fingerprint density at radius 2 is 1.94 bits per heavy atom. The van der Waals surface area contributed by atoms with E-state index in [1.807, 2.05) is 0 Å². The van der Waals surface area contributed by atoms with E-state index in [1.165, 1.54) is 23.5 Å². The SMILES string of the molecule is Cc1ccc(S(=O)(=O)OC[C@@H]2[C@H](NC(=O)Cc3cccs3)C(=O)N2C(O)C(=O)O)cc1. The molecule has 3 atom stereocenters. The summed E-state index contributed by atoms with van der Waals surface area (Å²) < 4.78 is 29.9. The molecule has 3 rings (SSSR count). The van der Waals surface area contributed by atoms with E-state index in [-0.39, 0.29) is 11.3 Å². The predicted octanol–water partition coefficient (Wildman–Crippen LogP) is 0.103. The summed E-state index contributed by atoms with van der Waals surface area (Å²) in [5, 5.41) is 23.1. The minimum absolute atomic E-state index is 0.00181. The molecular formula is C19H20N2O8S2. The summed E-state index contributed by atoms with van der Waals surface area (Å²) in [6.07, 6.45) is -2.20. The Labute approximate surface area is 182 Å². The number of aliphatic hydroxyl groups excluding tert-OH is 1. The maximum atomic E-state index is 12.4. The van der Waals surface area contributed by atoms with Gasteiger partial charge in [0, 0.05) is 4.88 Å². The molecule has 0 radical (unpaired) electrons. The summed E-state index contributed by atoms with van der Waals surface area (Å²) in [5.74, 6) is -3.05. The zero-order valence-corrected chi connectivity index (χ0v) is 17.9. The van der Waals surface area contributed by atoms with Gasteiger partial charge >= 0.3 is 5.97 Å². The third-order valence-electron chi connectivity index (χ3n) is 4.68. The molecule has 0 spiro atoms.